The first kappa shape index (κ1) is 12.0. The van der Waals surface area contributed by atoms with Crippen LogP contribution in [-0.2, 0) is 6.18 Å². The summed E-state index contributed by atoms with van der Waals surface area (Å²) in [6.45, 7) is 4.68. The van der Waals surface area contributed by atoms with E-state index in [1.54, 1.807) is 0 Å². The van der Waals surface area contributed by atoms with Gasteiger partial charge in [-0.3, -0.25) is 0 Å². The lowest BCUT2D eigenvalue weighted by Gasteiger charge is -2.13. The average Bonchev–Trinajstić information content (AvgIpc) is 2.17. The van der Waals surface area contributed by atoms with Crippen molar-refractivity contribution in [2.75, 3.05) is 6.54 Å². The van der Waals surface area contributed by atoms with Crippen LogP contribution in [0.1, 0.15) is 31.0 Å². The van der Waals surface area contributed by atoms with Gasteiger partial charge < -0.3 is 5.32 Å². The van der Waals surface area contributed by atoms with Crippen molar-refractivity contribution in [3.8, 4) is 0 Å². The molecule has 1 N–H and O–H groups in total. The van der Waals surface area contributed by atoms with Crippen LogP contribution in [0.25, 0.3) is 0 Å². The van der Waals surface area contributed by atoms with Gasteiger partial charge in [0.05, 0.1) is 5.56 Å². The third-order valence-electron chi connectivity index (χ3n) is 2.25. The normalized spacial score (nSPS) is 13.9. The van der Waals surface area contributed by atoms with Gasteiger partial charge in [-0.1, -0.05) is 19.1 Å². The molecule has 0 aliphatic rings. The van der Waals surface area contributed by atoms with Crippen molar-refractivity contribution >= 4 is 0 Å². The molecule has 1 nitrogen and oxygen atoms in total. The van der Waals surface area contributed by atoms with Crippen LogP contribution in [0, 0.1) is 0 Å². The summed E-state index contributed by atoms with van der Waals surface area (Å²) in [6.07, 6.45) is -4.25. The second kappa shape index (κ2) is 4.66. The maximum Gasteiger partial charge on any atom is 0.416 e. The quantitative estimate of drug-likeness (QED) is 0.818. The number of benzene rings is 1. The zero-order valence-corrected chi connectivity index (χ0v) is 8.73. The molecule has 0 aliphatic heterocycles. The summed E-state index contributed by atoms with van der Waals surface area (Å²) in [7, 11) is 0. The molecule has 0 unspecified atom stereocenters. The fourth-order valence-electron chi connectivity index (χ4n) is 1.38. The number of rotatable bonds is 3. The lowest BCUT2D eigenvalue weighted by molar-refractivity contribution is -0.137. The molecule has 0 amide bonds. The molecule has 0 fully saturated rings. The van der Waals surface area contributed by atoms with Crippen LogP contribution in [-0.4, -0.2) is 6.54 Å². The van der Waals surface area contributed by atoms with Gasteiger partial charge in [-0.15, -0.1) is 0 Å². The highest BCUT2D eigenvalue weighted by molar-refractivity contribution is 5.26. The van der Waals surface area contributed by atoms with Crippen LogP contribution in [0.2, 0.25) is 0 Å². The van der Waals surface area contributed by atoms with Gasteiger partial charge in [-0.05, 0) is 31.2 Å². The van der Waals surface area contributed by atoms with Gasteiger partial charge in [-0.2, -0.15) is 13.2 Å². The standard InChI is InChI=1S/C11H14F3N/c1-3-15-8(2)9-4-6-10(7-5-9)11(12,13)14/h4-8,15H,3H2,1-2H3/t8-/m0/s1. The van der Waals surface area contributed by atoms with Gasteiger partial charge in [0.2, 0.25) is 0 Å². The summed E-state index contributed by atoms with van der Waals surface area (Å²) >= 11 is 0. The molecule has 1 aromatic rings. The highest BCUT2D eigenvalue weighted by atomic mass is 19.4. The molecule has 4 heteroatoms. The van der Waals surface area contributed by atoms with Gasteiger partial charge in [-0.25, -0.2) is 0 Å². The first-order chi connectivity index (χ1) is 6.95. The Morgan fingerprint density at radius 3 is 2.13 bits per heavy atom. The summed E-state index contributed by atoms with van der Waals surface area (Å²) in [6, 6.07) is 5.33. The lowest BCUT2D eigenvalue weighted by atomic mass is 10.1. The SMILES string of the molecule is CCN[C@@H](C)c1ccc(C(F)(F)F)cc1. The van der Waals surface area contributed by atoms with E-state index in [-0.39, 0.29) is 6.04 Å². The van der Waals surface area contributed by atoms with Crippen LogP contribution in [0.5, 0.6) is 0 Å². The van der Waals surface area contributed by atoms with Crippen molar-refractivity contribution in [2.24, 2.45) is 0 Å². The molecule has 84 valence electrons. The molecule has 0 radical (unpaired) electrons. The highest BCUT2D eigenvalue weighted by Gasteiger charge is 2.30. The molecule has 0 heterocycles. The van der Waals surface area contributed by atoms with E-state index >= 15 is 0 Å². The average molecular weight is 217 g/mol. The summed E-state index contributed by atoms with van der Waals surface area (Å²) in [5, 5.41) is 3.14. The summed E-state index contributed by atoms with van der Waals surface area (Å²) in [4.78, 5) is 0. The predicted octanol–water partition coefficient (Wildman–Crippen LogP) is 3.38. The summed E-state index contributed by atoms with van der Waals surface area (Å²) < 4.78 is 36.8. The molecule has 0 saturated heterocycles. The zero-order chi connectivity index (χ0) is 11.5. The summed E-state index contributed by atoms with van der Waals surface area (Å²) in [5.74, 6) is 0. The molecule has 0 bridgehead atoms. The zero-order valence-electron chi connectivity index (χ0n) is 8.73. The largest absolute Gasteiger partial charge is 0.416 e. The van der Waals surface area contributed by atoms with E-state index in [0.717, 1.165) is 24.2 Å². The van der Waals surface area contributed by atoms with Gasteiger partial charge in [0.1, 0.15) is 0 Å². The van der Waals surface area contributed by atoms with Gasteiger partial charge in [0.25, 0.3) is 0 Å². The number of hydrogen-bond acceptors (Lipinski definition) is 1. The van der Waals surface area contributed by atoms with E-state index < -0.39 is 11.7 Å². The number of hydrogen-bond donors (Lipinski definition) is 1. The smallest absolute Gasteiger partial charge is 0.310 e. The van der Waals surface area contributed by atoms with Crippen molar-refractivity contribution in [1.82, 2.24) is 5.32 Å². The monoisotopic (exact) mass is 217 g/mol. The molecule has 0 spiro atoms. The van der Waals surface area contributed by atoms with Crippen molar-refractivity contribution in [1.29, 1.82) is 0 Å². The van der Waals surface area contributed by atoms with Gasteiger partial charge >= 0.3 is 6.18 Å². The molecule has 0 aromatic heterocycles. The van der Waals surface area contributed by atoms with E-state index in [9.17, 15) is 13.2 Å². The minimum atomic E-state index is -4.25. The van der Waals surface area contributed by atoms with E-state index in [0.29, 0.717) is 0 Å². The number of alkyl halides is 3. The Hall–Kier alpha value is -1.03. The fourth-order valence-corrected chi connectivity index (χ4v) is 1.38. The van der Waals surface area contributed by atoms with Crippen molar-refractivity contribution in [3.63, 3.8) is 0 Å². The predicted molar refractivity (Wildman–Crippen MR) is 53.5 cm³/mol. The van der Waals surface area contributed by atoms with Gasteiger partial charge in [0.15, 0.2) is 0 Å². The second-order valence-electron chi connectivity index (χ2n) is 3.40. The number of halogens is 3. The van der Waals surface area contributed by atoms with Crippen LogP contribution in [0.3, 0.4) is 0 Å². The van der Waals surface area contributed by atoms with Crippen LogP contribution in [0.4, 0.5) is 13.2 Å². The first-order valence-corrected chi connectivity index (χ1v) is 4.85. The topological polar surface area (TPSA) is 12.0 Å². The van der Waals surface area contributed by atoms with Crippen LogP contribution >= 0.6 is 0 Å². The molecule has 1 rings (SSSR count). The Morgan fingerprint density at radius 2 is 1.73 bits per heavy atom. The molecular weight excluding hydrogens is 203 g/mol. The Labute approximate surface area is 87.3 Å². The third kappa shape index (κ3) is 3.23. The van der Waals surface area contributed by atoms with Crippen molar-refractivity contribution < 1.29 is 13.2 Å². The molecule has 15 heavy (non-hydrogen) atoms. The lowest BCUT2D eigenvalue weighted by Crippen LogP contribution is -2.17. The van der Waals surface area contributed by atoms with Gasteiger partial charge in [0, 0.05) is 6.04 Å². The van der Waals surface area contributed by atoms with Crippen molar-refractivity contribution in [2.45, 2.75) is 26.1 Å². The summed E-state index contributed by atoms with van der Waals surface area (Å²) in [5.41, 5.74) is 0.264. The van der Waals surface area contributed by atoms with E-state index in [1.165, 1.54) is 12.1 Å². The van der Waals surface area contributed by atoms with E-state index in [1.807, 2.05) is 13.8 Å². The molecule has 0 aliphatic carbocycles. The molecular formula is C11H14F3N. The number of nitrogens with one attached hydrogen (secondary N) is 1. The fraction of sp³-hybridized carbons (Fsp3) is 0.455. The maximum absolute atomic E-state index is 12.3. The molecule has 1 aromatic carbocycles. The minimum Gasteiger partial charge on any atom is -0.310 e. The van der Waals surface area contributed by atoms with Crippen LogP contribution in [0.15, 0.2) is 24.3 Å². The Morgan fingerprint density at radius 1 is 1.20 bits per heavy atom. The molecule has 1 atom stereocenters. The maximum atomic E-state index is 12.3. The third-order valence-corrected chi connectivity index (χ3v) is 2.25. The van der Waals surface area contributed by atoms with E-state index in [2.05, 4.69) is 5.32 Å². The Balaban J connectivity index is 2.81. The Kier molecular flexibility index (Phi) is 3.74. The minimum absolute atomic E-state index is 0.0808. The first-order valence-electron chi connectivity index (χ1n) is 4.85. The van der Waals surface area contributed by atoms with E-state index in [4.69, 9.17) is 0 Å². The van der Waals surface area contributed by atoms with Crippen LogP contribution < -0.4 is 5.32 Å². The second-order valence-corrected chi connectivity index (χ2v) is 3.40. The van der Waals surface area contributed by atoms with Crippen molar-refractivity contribution in [3.05, 3.63) is 35.4 Å². The Bertz CT molecular complexity index is 303. The molecule has 0 saturated carbocycles. The highest BCUT2D eigenvalue weighted by Crippen LogP contribution is 2.29.